The van der Waals surface area contributed by atoms with Crippen molar-refractivity contribution in [3.05, 3.63) is 67.1 Å². The smallest absolute Gasteiger partial charge is 0.328 e. The van der Waals surface area contributed by atoms with Crippen LogP contribution in [0, 0.1) is 0 Å². The third-order valence-electron chi connectivity index (χ3n) is 3.66. The first kappa shape index (κ1) is 20.5. The highest BCUT2D eigenvalue weighted by Gasteiger charge is 2.27. The molecule has 6 nitrogen and oxygen atoms in total. The molecule has 10 heteroatoms. The lowest BCUT2D eigenvalue weighted by atomic mass is 10.1. The molecule has 0 saturated carbocycles. The van der Waals surface area contributed by atoms with Gasteiger partial charge < -0.3 is 4.74 Å². The van der Waals surface area contributed by atoms with Gasteiger partial charge in [0.2, 0.25) is 0 Å². The number of halogens is 4. The van der Waals surface area contributed by atoms with Gasteiger partial charge in [0, 0.05) is 15.6 Å². The molecule has 28 heavy (non-hydrogen) atoms. The minimum atomic E-state index is -0.882. The lowest BCUT2D eigenvalue weighted by Crippen LogP contribution is -2.51. The Kier molecular flexibility index (Phi) is 6.15. The van der Waals surface area contributed by atoms with E-state index < -0.39 is 17.8 Å². The summed E-state index contributed by atoms with van der Waals surface area (Å²) in [6.07, 6.45) is 1.26. The first-order valence-corrected chi connectivity index (χ1v) is 9.20. The monoisotopic (exact) mass is 458 g/mol. The van der Waals surface area contributed by atoms with Crippen molar-refractivity contribution in [2.75, 3.05) is 0 Å². The van der Waals surface area contributed by atoms with Crippen LogP contribution in [0.1, 0.15) is 11.1 Å². The van der Waals surface area contributed by atoms with Crippen molar-refractivity contribution in [1.29, 1.82) is 0 Å². The van der Waals surface area contributed by atoms with Crippen LogP contribution >= 0.6 is 46.4 Å². The molecule has 3 rings (SSSR count). The molecule has 1 fully saturated rings. The van der Waals surface area contributed by atoms with E-state index in [4.69, 9.17) is 51.1 Å². The first-order valence-electron chi connectivity index (χ1n) is 7.68. The second kappa shape index (κ2) is 8.41. The number of barbiturate groups is 1. The number of urea groups is 1. The van der Waals surface area contributed by atoms with E-state index in [1.54, 1.807) is 18.2 Å². The molecular weight excluding hydrogens is 450 g/mol. The SMILES string of the molecule is O=C1NC(=O)C(=Cc2cc(Cl)c(OCc3ccc(Cl)cc3Cl)c(Cl)c2)C(=O)N1. The van der Waals surface area contributed by atoms with Crippen molar-refractivity contribution < 1.29 is 19.1 Å². The molecular formula is C18H10Cl4N2O4. The Bertz CT molecular complexity index is 991. The fraction of sp³-hybridized carbons (Fsp3) is 0.0556. The normalized spacial score (nSPS) is 13.9. The van der Waals surface area contributed by atoms with Crippen LogP contribution in [0.15, 0.2) is 35.9 Å². The minimum Gasteiger partial charge on any atom is -0.486 e. The largest absolute Gasteiger partial charge is 0.486 e. The Labute approximate surface area is 179 Å². The summed E-state index contributed by atoms with van der Waals surface area (Å²) in [5.41, 5.74) is 0.805. The Morgan fingerprint density at radius 1 is 0.857 bits per heavy atom. The van der Waals surface area contributed by atoms with Gasteiger partial charge in [-0.05, 0) is 35.9 Å². The van der Waals surface area contributed by atoms with Gasteiger partial charge >= 0.3 is 6.03 Å². The fourth-order valence-corrected chi connectivity index (χ4v) is 3.44. The summed E-state index contributed by atoms with van der Waals surface area (Å²) >= 11 is 24.4. The van der Waals surface area contributed by atoms with Crippen molar-refractivity contribution in [2.24, 2.45) is 0 Å². The van der Waals surface area contributed by atoms with Gasteiger partial charge in [0.1, 0.15) is 12.2 Å². The number of carbonyl (C=O) groups is 3. The van der Waals surface area contributed by atoms with Crippen LogP contribution in [0.3, 0.4) is 0 Å². The lowest BCUT2D eigenvalue weighted by Gasteiger charge is -2.15. The standard InChI is InChI=1S/C18H10Cl4N2O4/c19-10-2-1-9(12(20)6-10)7-28-15-13(21)4-8(5-14(15)22)3-11-16(25)23-18(27)24-17(11)26/h1-6H,7H2,(H2,23,24,25,26,27). The number of imide groups is 2. The maximum atomic E-state index is 11.8. The molecule has 0 spiro atoms. The zero-order valence-corrected chi connectivity index (χ0v) is 16.8. The average molecular weight is 460 g/mol. The van der Waals surface area contributed by atoms with Crippen molar-refractivity contribution in [2.45, 2.75) is 6.61 Å². The van der Waals surface area contributed by atoms with E-state index in [2.05, 4.69) is 0 Å². The summed E-state index contributed by atoms with van der Waals surface area (Å²) < 4.78 is 5.66. The maximum Gasteiger partial charge on any atom is 0.328 e. The number of nitrogens with one attached hydrogen (secondary N) is 2. The predicted molar refractivity (Wildman–Crippen MR) is 107 cm³/mol. The van der Waals surface area contributed by atoms with Crippen molar-refractivity contribution in [3.8, 4) is 5.75 Å². The number of rotatable bonds is 4. The van der Waals surface area contributed by atoms with Gasteiger partial charge in [-0.2, -0.15) is 0 Å². The topological polar surface area (TPSA) is 84.5 Å². The zero-order chi connectivity index (χ0) is 20.4. The summed E-state index contributed by atoms with van der Waals surface area (Å²) in [6, 6.07) is 7.04. The minimum absolute atomic E-state index is 0.100. The molecule has 0 radical (unpaired) electrons. The van der Waals surface area contributed by atoms with Crippen molar-refractivity contribution >= 4 is 70.3 Å². The van der Waals surface area contributed by atoms with Gasteiger partial charge in [-0.1, -0.05) is 52.5 Å². The number of hydrogen-bond acceptors (Lipinski definition) is 4. The molecule has 1 saturated heterocycles. The summed E-state index contributed by atoms with van der Waals surface area (Å²) in [7, 11) is 0. The lowest BCUT2D eigenvalue weighted by molar-refractivity contribution is -0.123. The van der Waals surface area contributed by atoms with E-state index >= 15 is 0 Å². The van der Waals surface area contributed by atoms with Crippen LogP contribution in [0.25, 0.3) is 6.08 Å². The quantitative estimate of drug-likeness (QED) is 0.515. The van der Waals surface area contributed by atoms with Crippen LogP contribution in [0.5, 0.6) is 5.75 Å². The van der Waals surface area contributed by atoms with Crippen molar-refractivity contribution in [3.63, 3.8) is 0 Å². The molecule has 4 amide bonds. The highest BCUT2D eigenvalue weighted by molar-refractivity contribution is 6.38. The van der Waals surface area contributed by atoms with Crippen LogP contribution in [0.4, 0.5) is 4.79 Å². The second-order valence-corrected chi connectivity index (χ2v) is 7.29. The van der Waals surface area contributed by atoms with Crippen molar-refractivity contribution in [1.82, 2.24) is 10.6 Å². The molecule has 144 valence electrons. The molecule has 2 aromatic carbocycles. The van der Waals surface area contributed by atoms with Gasteiger partial charge in [-0.3, -0.25) is 20.2 Å². The van der Waals surface area contributed by atoms with E-state index in [1.165, 1.54) is 18.2 Å². The average Bonchev–Trinajstić information content (AvgIpc) is 2.59. The maximum absolute atomic E-state index is 11.8. The van der Waals surface area contributed by atoms with E-state index in [-0.39, 0.29) is 28.0 Å². The number of hydrogen-bond donors (Lipinski definition) is 2. The summed E-state index contributed by atoms with van der Waals surface area (Å²) in [5.74, 6) is -1.43. The first-order chi connectivity index (χ1) is 13.2. The van der Waals surface area contributed by atoms with E-state index in [1.807, 2.05) is 10.6 Å². The third-order valence-corrected chi connectivity index (χ3v) is 4.81. The molecule has 0 aromatic heterocycles. The zero-order valence-electron chi connectivity index (χ0n) is 13.8. The molecule has 0 atom stereocenters. The molecule has 1 aliphatic rings. The predicted octanol–water partition coefficient (Wildman–Crippen LogP) is 4.63. The van der Waals surface area contributed by atoms with Gasteiger partial charge in [0.05, 0.1) is 10.0 Å². The summed E-state index contributed by atoms with van der Waals surface area (Å²) in [6.45, 7) is 0.100. The third kappa shape index (κ3) is 4.59. The number of carbonyl (C=O) groups excluding carboxylic acids is 3. The Balaban J connectivity index is 1.83. The second-order valence-electron chi connectivity index (χ2n) is 5.63. The van der Waals surface area contributed by atoms with E-state index in [0.717, 1.165) is 0 Å². The van der Waals surface area contributed by atoms with Gasteiger partial charge in [-0.15, -0.1) is 0 Å². The molecule has 0 bridgehead atoms. The summed E-state index contributed by atoms with van der Waals surface area (Å²) in [4.78, 5) is 34.7. The highest BCUT2D eigenvalue weighted by Crippen LogP contribution is 2.36. The Morgan fingerprint density at radius 3 is 2.04 bits per heavy atom. The van der Waals surface area contributed by atoms with Gasteiger partial charge in [-0.25, -0.2) is 4.79 Å². The number of ether oxygens (including phenoxy) is 1. The van der Waals surface area contributed by atoms with Crippen LogP contribution in [0.2, 0.25) is 20.1 Å². The van der Waals surface area contributed by atoms with Gasteiger partial charge in [0.25, 0.3) is 11.8 Å². The van der Waals surface area contributed by atoms with E-state index in [9.17, 15) is 14.4 Å². The molecule has 1 heterocycles. The molecule has 2 N–H and O–H groups in total. The van der Waals surface area contributed by atoms with Crippen LogP contribution in [-0.2, 0) is 16.2 Å². The van der Waals surface area contributed by atoms with Crippen LogP contribution in [-0.4, -0.2) is 17.8 Å². The van der Waals surface area contributed by atoms with E-state index in [0.29, 0.717) is 21.2 Å². The molecule has 0 unspecified atom stereocenters. The van der Waals surface area contributed by atoms with Gasteiger partial charge in [0.15, 0.2) is 5.75 Å². The Hall–Kier alpha value is -2.25. The number of benzene rings is 2. The van der Waals surface area contributed by atoms with Crippen LogP contribution < -0.4 is 15.4 Å². The molecule has 0 aliphatic carbocycles. The Morgan fingerprint density at radius 2 is 1.46 bits per heavy atom. The number of amides is 4. The highest BCUT2D eigenvalue weighted by atomic mass is 35.5. The fourth-order valence-electron chi connectivity index (χ4n) is 2.36. The summed E-state index contributed by atoms with van der Waals surface area (Å²) in [5, 5.41) is 5.22. The molecule has 1 aliphatic heterocycles. The molecule has 2 aromatic rings.